The minimum Gasteiger partial charge on any atom is -0.466 e. The highest BCUT2D eigenvalue weighted by atomic mass is 32.2. The Kier molecular flexibility index (Phi) is 6.31. The average Bonchev–Trinajstić information content (AvgIpc) is 3.19. The summed E-state index contributed by atoms with van der Waals surface area (Å²) in [5.74, 6) is 4.65. The highest BCUT2D eigenvalue weighted by Gasteiger charge is 2.42. The smallest absolute Gasteiger partial charge is 0.313 e. The van der Waals surface area contributed by atoms with E-state index in [4.69, 9.17) is 4.74 Å². The van der Waals surface area contributed by atoms with E-state index in [-0.39, 0.29) is 13.2 Å². The highest BCUT2D eigenvalue weighted by Crippen LogP contribution is 2.20. The average molecular weight is 399 g/mol. The van der Waals surface area contributed by atoms with Crippen molar-refractivity contribution in [2.24, 2.45) is 5.92 Å². The van der Waals surface area contributed by atoms with Gasteiger partial charge >= 0.3 is 5.97 Å². The summed E-state index contributed by atoms with van der Waals surface area (Å²) in [6.07, 6.45) is 0. The maximum atomic E-state index is 12.8. The predicted molar refractivity (Wildman–Crippen MR) is 106 cm³/mol. The first-order valence-electron chi connectivity index (χ1n) is 8.83. The lowest BCUT2D eigenvalue weighted by Gasteiger charge is -2.18. The van der Waals surface area contributed by atoms with Crippen LogP contribution in [0, 0.1) is 17.8 Å². The van der Waals surface area contributed by atoms with Gasteiger partial charge in [0.2, 0.25) is 0 Å². The maximum Gasteiger partial charge on any atom is 0.313 e. The molecule has 0 saturated carbocycles. The van der Waals surface area contributed by atoms with E-state index < -0.39 is 27.3 Å². The zero-order valence-corrected chi connectivity index (χ0v) is 16.1. The molecule has 2 atom stereocenters. The lowest BCUT2D eigenvalue weighted by atomic mass is 10.2. The molecule has 0 amide bonds. The molecule has 0 bridgehead atoms. The van der Waals surface area contributed by atoms with Gasteiger partial charge in [0.15, 0.2) is 5.37 Å². The molecule has 2 aromatic rings. The first-order valence-corrected chi connectivity index (χ1v) is 10.4. The van der Waals surface area contributed by atoms with Crippen molar-refractivity contribution in [1.82, 2.24) is 10.9 Å². The second-order valence-electron chi connectivity index (χ2n) is 6.15. The van der Waals surface area contributed by atoms with Gasteiger partial charge in [0.05, 0.1) is 6.61 Å². The third-order valence-corrected chi connectivity index (χ3v) is 5.74. The Labute approximate surface area is 164 Å². The molecule has 1 aliphatic heterocycles. The van der Waals surface area contributed by atoms with Crippen molar-refractivity contribution in [3.63, 3.8) is 0 Å². The minimum absolute atomic E-state index is 0.174. The van der Waals surface area contributed by atoms with E-state index in [1.54, 1.807) is 31.2 Å². The molecule has 1 saturated heterocycles. The van der Waals surface area contributed by atoms with E-state index >= 15 is 0 Å². The lowest BCUT2D eigenvalue weighted by Crippen LogP contribution is -2.44. The molecule has 2 aromatic carbocycles. The Morgan fingerprint density at radius 2 is 1.86 bits per heavy atom. The number of anilines is 1. The van der Waals surface area contributed by atoms with Gasteiger partial charge in [-0.2, -0.15) is 0 Å². The van der Waals surface area contributed by atoms with E-state index in [2.05, 4.69) is 27.4 Å². The molecule has 0 aromatic heterocycles. The number of hydrogen-bond acceptors (Lipinski definition) is 6. The quantitative estimate of drug-likeness (QED) is 0.520. The number of carbonyl (C=O) groups excluding carboxylic acids is 1. The molecule has 3 N–H and O–H groups in total. The Balaban J connectivity index is 1.76. The van der Waals surface area contributed by atoms with E-state index in [0.717, 1.165) is 5.56 Å². The molecule has 1 aliphatic rings. The maximum absolute atomic E-state index is 12.8. The van der Waals surface area contributed by atoms with E-state index in [1.807, 2.05) is 30.3 Å². The normalized spacial score (nSPS) is 18.8. The van der Waals surface area contributed by atoms with Crippen LogP contribution in [-0.4, -0.2) is 32.9 Å². The van der Waals surface area contributed by atoms with Crippen molar-refractivity contribution in [3.05, 3.63) is 65.7 Å². The number of ether oxygens (including phenoxy) is 1. The van der Waals surface area contributed by atoms with Crippen LogP contribution in [0.15, 0.2) is 54.6 Å². The van der Waals surface area contributed by atoms with Crippen LogP contribution in [-0.2, 0) is 19.6 Å². The van der Waals surface area contributed by atoms with Crippen molar-refractivity contribution in [3.8, 4) is 11.8 Å². The van der Waals surface area contributed by atoms with Crippen LogP contribution in [0.25, 0.3) is 0 Å². The van der Waals surface area contributed by atoms with Gasteiger partial charge in [-0.1, -0.05) is 36.1 Å². The van der Waals surface area contributed by atoms with Crippen LogP contribution < -0.4 is 15.6 Å². The lowest BCUT2D eigenvalue weighted by molar-refractivity contribution is -0.147. The summed E-state index contributed by atoms with van der Waals surface area (Å²) in [7, 11) is -3.88. The third kappa shape index (κ3) is 4.89. The molecule has 1 heterocycles. The van der Waals surface area contributed by atoms with E-state index in [0.29, 0.717) is 11.3 Å². The fraction of sp³-hybridized carbons (Fsp3) is 0.250. The number of carbonyl (C=O) groups is 1. The van der Waals surface area contributed by atoms with Crippen molar-refractivity contribution in [2.45, 2.75) is 12.3 Å². The van der Waals surface area contributed by atoms with Gasteiger partial charge in [-0.05, 0) is 37.3 Å². The number of hydrazine groups is 1. The zero-order chi connectivity index (χ0) is 20.0. The van der Waals surface area contributed by atoms with Gasteiger partial charge in [0, 0.05) is 23.4 Å². The first kappa shape index (κ1) is 19.9. The Morgan fingerprint density at radius 1 is 1.14 bits per heavy atom. The van der Waals surface area contributed by atoms with E-state index in [9.17, 15) is 13.2 Å². The van der Waals surface area contributed by atoms with Crippen molar-refractivity contribution < 1.29 is 17.9 Å². The van der Waals surface area contributed by atoms with Gasteiger partial charge < -0.3 is 4.74 Å². The fourth-order valence-corrected chi connectivity index (χ4v) is 4.24. The standard InChI is InChI=1S/C20H21N3O4S/c1-2-27-20(24)18-14-21-22-19(18)28(25,26)23-17-10-6-9-16(13-17)12-11-15-7-4-3-5-8-15/h3-10,13,18-19,21-23H,2,14H2,1H3. The Morgan fingerprint density at radius 3 is 2.61 bits per heavy atom. The molecule has 0 radical (unpaired) electrons. The second kappa shape index (κ2) is 8.89. The van der Waals surface area contributed by atoms with Gasteiger partial charge in [-0.3, -0.25) is 14.9 Å². The number of rotatable bonds is 5. The molecular weight excluding hydrogens is 378 g/mol. The molecule has 146 valence electrons. The predicted octanol–water partition coefficient (Wildman–Crippen LogP) is 1.44. The Hall–Kier alpha value is -2.86. The van der Waals surface area contributed by atoms with Crippen LogP contribution in [0.5, 0.6) is 0 Å². The third-order valence-electron chi connectivity index (χ3n) is 4.10. The minimum atomic E-state index is -3.88. The van der Waals surface area contributed by atoms with Crippen LogP contribution in [0.3, 0.4) is 0 Å². The molecule has 28 heavy (non-hydrogen) atoms. The fourth-order valence-electron chi connectivity index (χ4n) is 2.78. The summed E-state index contributed by atoms with van der Waals surface area (Å²) in [5, 5.41) is -1.13. The highest BCUT2D eigenvalue weighted by molar-refractivity contribution is 7.93. The number of benzene rings is 2. The Bertz CT molecular complexity index is 997. The molecule has 1 fully saturated rings. The van der Waals surface area contributed by atoms with Crippen LogP contribution >= 0.6 is 0 Å². The number of sulfonamides is 1. The van der Waals surface area contributed by atoms with Gasteiger partial charge in [-0.25, -0.2) is 13.8 Å². The van der Waals surface area contributed by atoms with Crippen molar-refractivity contribution in [2.75, 3.05) is 17.9 Å². The number of hydrogen-bond donors (Lipinski definition) is 3. The molecule has 0 aliphatic carbocycles. The van der Waals surface area contributed by atoms with Gasteiger partial charge in [-0.15, -0.1) is 0 Å². The number of nitrogens with one attached hydrogen (secondary N) is 3. The molecular formula is C20H21N3O4S. The van der Waals surface area contributed by atoms with Crippen LogP contribution in [0.4, 0.5) is 5.69 Å². The SMILES string of the molecule is CCOC(=O)C1CNNC1S(=O)(=O)Nc1cccc(C#Cc2ccccc2)c1. The molecule has 2 unspecified atom stereocenters. The number of esters is 1. The monoisotopic (exact) mass is 399 g/mol. The largest absolute Gasteiger partial charge is 0.466 e. The summed E-state index contributed by atoms with van der Waals surface area (Å²) in [4.78, 5) is 12.0. The summed E-state index contributed by atoms with van der Waals surface area (Å²) >= 11 is 0. The molecule has 3 rings (SSSR count). The van der Waals surface area contributed by atoms with Gasteiger partial charge in [0.1, 0.15) is 5.92 Å². The molecule has 0 spiro atoms. The van der Waals surface area contributed by atoms with Crippen molar-refractivity contribution in [1.29, 1.82) is 0 Å². The molecule has 8 heteroatoms. The van der Waals surface area contributed by atoms with Gasteiger partial charge in [0.25, 0.3) is 10.0 Å². The van der Waals surface area contributed by atoms with Crippen molar-refractivity contribution >= 4 is 21.7 Å². The van der Waals surface area contributed by atoms with E-state index in [1.165, 1.54) is 0 Å². The van der Waals surface area contributed by atoms with Crippen LogP contribution in [0.2, 0.25) is 0 Å². The molecule has 7 nitrogen and oxygen atoms in total. The summed E-state index contributed by atoms with van der Waals surface area (Å²) in [6.45, 7) is 2.04. The van der Waals surface area contributed by atoms with Crippen LogP contribution in [0.1, 0.15) is 18.1 Å². The zero-order valence-electron chi connectivity index (χ0n) is 15.3. The summed E-state index contributed by atoms with van der Waals surface area (Å²) < 4.78 is 33.0. The first-order chi connectivity index (χ1) is 13.5. The topological polar surface area (TPSA) is 96.5 Å². The second-order valence-corrected chi connectivity index (χ2v) is 7.95. The summed E-state index contributed by atoms with van der Waals surface area (Å²) in [5.41, 5.74) is 7.26. The summed E-state index contributed by atoms with van der Waals surface area (Å²) in [6, 6.07) is 16.3.